The van der Waals surface area contributed by atoms with E-state index in [1.807, 2.05) is 0 Å². The first-order chi connectivity index (χ1) is 12.8. The molecule has 132 valence electrons. The molecule has 0 radical (unpaired) electrons. The Hall–Kier alpha value is -2.14. The van der Waals surface area contributed by atoms with E-state index in [9.17, 15) is 0 Å². The van der Waals surface area contributed by atoms with Crippen molar-refractivity contribution in [1.29, 1.82) is 0 Å². The fourth-order valence-electron chi connectivity index (χ4n) is 3.07. The van der Waals surface area contributed by atoms with E-state index < -0.39 is 0 Å². The van der Waals surface area contributed by atoms with E-state index in [2.05, 4.69) is 71.4 Å². The van der Waals surface area contributed by atoms with E-state index in [-0.39, 0.29) is 6.04 Å². The van der Waals surface area contributed by atoms with Crippen LogP contribution in [0, 0.1) is 0 Å². The molecule has 2 nitrogen and oxygen atoms in total. The number of rotatable bonds is 7. The summed E-state index contributed by atoms with van der Waals surface area (Å²) in [5, 5.41) is 5.62. The molecule has 2 heterocycles. The minimum atomic E-state index is 0.118. The van der Waals surface area contributed by atoms with Crippen molar-refractivity contribution in [3.63, 3.8) is 0 Å². The molecular weight excluding hydrogens is 358 g/mol. The fraction of sp³-hybridized carbons (Fsp3) is 0.182. The zero-order chi connectivity index (χ0) is 17.8. The van der Waals surface area contributed by atoms with Gasteiger partial charge in [-0.2, -0.15) is 0 Å². The van der Waals surface area contributed by atoms with Gasteiger partial charge in [-0.25, -0.2) is 0 Å². The van der Waals surface area contributed by atoms with Crippen LogP contribution in [0.3, 0.4) is 0 Å². The Labute approximate surface area is 161 Å². The van der Waals surface area contributed by atoms with E-state index in [1.165, 1.54) is 26.1 Å². The monoisotopic (exact) mass is 379 g/mol. The topological polar surface area (TPSA) is 35.2 Å². The van der Waals surface area contributed by atoms with Crippen molar-refractivity contribution < 1.29 is 4.74 Å². The number of hydrogen-bond donors (Lipinski definition) is 1. The molecule has 4 rings (SSSR count). The van der Waals surface area contributed by atoms with Crippen LogP contribution in [0.5, 0.6) is 5.75 Å². The van der Waals surface area contributed by atoms with Crippen LogP contribution in [0.25, 0.3) is 21.2 Å². The molecule has 0 spiro atoms. The van der Waals surface area contributed by atoms with Crippen molar-refractivity contribution in [3.8, 4) is 16.9 Å². The maximum atomic E-state index is 6.19. The van der Waals surface area contributed by atoms with Gasteiger partial charge < -0.3 is 10.5 Å². The quantitative estimate of drug-likeness (QED) is 0.373. The normalized spacial score (nSPS) is 12.3. The average Bonchev–Trinajstić information content (AvgIpc) is 3.35. The van der Waals surface area contributed by atoms with Crippen LogP contribution in [0.15, 0.2) is 71.4 Å². The van der Waals surface area contributed by atoms with Crippen molar-refractivity contribution >= 4 is 32.8 Å². The molecule has 26 heavy (non-hydrogen) atoms. The average molecular weight is 380 g/mol. The molecule has 0 aliphatic rings. The molecule has 0 saturated carbocycles. The summed E-state index contributed by atoms with van der Waals surface area (Å²) >= 11 is 3.51. The second kappa shape index (κ2) is 8.04. The molecular formula is C22H21NOS2. The van der Waals surface area contributed by atoms with E-state index >= 15 is 0 Å². The predicted molar refractivity (Wildman–Crippen MR) is 113 cm³/mol. The Balaban J connectivity index is 1.33. The van der Waals surface area contributed by atoms with Crippen LogP contribution in [-0.4, -0.2) is 6.61 Å². The molecule has 0 amide bonds. The Kier molecular flexibility index (Phi) is 5.34. The van der Waals surface area contributed by atoms with Crippen molar-refractivity contribution in [2.75, 3.05) is 6.61 Å². The standard InChI is InChI=1S/C22H21NOS2/c23-20(22-8-4-14-25-22)6-3-13-24-17-11-9-16(10-12-17)19-15-26-21-7-2-1-5-18(19)21/h1-2,4-5,7-12,14-15,20H,3,6,13,23H2. The first-order valence-corrected chi connectivity index (χ1v) is 10.6. The molecule has 1 atom stereocenters. The van der Waals surface area contributed by atoms with Crippen molar-refractivity contribution in [3.05, 3.63) is 76.3 Å². The summed E-state index contributed by atoms with van der Waals surface area (Å²) in [6, 6.07) is 21.2. The molecule has 2 aromatic heterocycles. The second-order valence-electron chi connectivity index (χ2n) is 6.28. The summed E-state index contributed by atoms with van der Waals surface area (Å²) in [5.74, 6) is 0.915. The van der Waals surface area contributed by atoms with Crippen molar-refractivity contribution in [1.82, 2.24) is 0 Å². The molecule has 0 aliphatic carbocycles. The first-order valence-electron chi connectivity index (χ1n) is 8.80. The molecule has 0 bridgehead atoms. The van der Waals surface area contributed by atoms with Gasteiger partial charge in [0.05, 0.1) is 6.61 Å². The van der Waals surface area contributed by atoms with E-state index in [0.717, 1.165) is 18.6 Å². The Bertz CT molecular complexity index is 957. The van der Waals surface area contributed by atoms with Crippen molar-refractivity contribution in [2.45, 2.75) is 18.9 Å². The fourth-order valence-corrected chi connectivity index (χ4v) is 4.80. The Morgan fingerprint density at radius 3 is 2.58 bits per heavy atom. The summed E-state index contributed by atoms with van der Waals surface area (Å²) in [5.41, 5.74) is 8.72. The molecule has 4 heteroatoms. The summed E-state index contributed by atoms with van der Waals surface area (Å²) < 4.78 is 7.21. The van der Waals surface area contributed by atoms with E-state index in [0.29, 0.717) is 6.61 Å². The van der Waals surface area contributed by atoms with Gasteiger partial charge in [0.15, 0.2) is 0 Å². The van der Waals surface area contributed by atoms with Crippen LogP contribution < -0.4 is 10.5 Å². The maximum absolute atomic E-state index is 6.19. The molecule has 2 N–H and O–H groups in total. The Morgan fingerprint density at radius 2 is 1.77 bits per heavy atom. The molecule has 1 unspecified atom stereocenters. The highest BCUT2D eigenvalue weighted by molar-refractivity contribution is 7.17. The number of hydrogen-bond acceptors (Lipinski definition) is 4. The van der Waals surface area contributed by atoms with Gasteiger partial charge in [-0.05, 0) is 53.4 Å². The number of fused-ring (bicyclic) bond motifs is 1. The minimum absolute atomic E-state index is 0.118. The lowest BCUT2D eigenvalue weighted by molar-refractivity contribution is 0.302. The van der Waals surface area contributed by atoms with Gasteiger partial charge in [0.25, 0.3) is 0 Å². The predicted octanol–water partition coefficient (Wildman–Crippen LogP) is 6.49. The molecule has 0 aliphatic heterocycles. The molecule has 2 aromatic carbocycles. The van der Waals surface area contributed by atoms with Gasteiger partial charge in [0.2, 0.25) is 0 Å². The number of thiophene rings is 2. The van der Waals surface area contributed by atoms with E-state index in [1.54, 1.807) is 22.7 Å². The zero-order valence-electron chi connectivity index (χ0n) is 14.4. The van der Waals surface area contributed by atoms with Crippen LogP contribution in [0.1, 0.15) is 23.8 Å². The number of benzene rings is 2. The van der Waals surface area contributed by atoms with Crippen LogP contribution >= 0.6 is 22.7 Å². The third kappa shape index (κ3) is 3.83. The third-order valence-electron chi connectivity index (χ3n) is 4.48. The minimum Gasteiger partial charge on any atom is -0.494 e. The lowest BCUT2D eigenvalue weighted by atomic mass is 10.0. The van der Waals surface area contributed by atoms with Gasteiger partial charge in [-0.1, -0.05) is 36.4 Å². The SMILES string of the molecule is NC(CCCOc1ccc(-c2csc3ccccc23)cc1)c1cccs1. The van der Waals surface area contributed by atoms with E-state index in [4.69, 9.17) is 10.5 Å². The molecule has 0 fully saturated rings. The first kappa shape index (κ1) is 17.3. The van der Waals surface area contributed by atoms with Crippen LogP contribution in [-0.2, 0) is 0 Å². The van der Waals surface area contributed by atoms with Crippen molar-refractivity contribution in [2.24, 2.45) is 5.73 Å². The number of nitrogens with two attached hydrogens (primary N) is 1. The summed E-state index contributed by atoms with van der Waals surface area (Å²) in [7, 11) is 0. The van der Waals surface area contributed by atoms with Crippen LogP contribution in [0.4, 0.5) is 0 Å². The van der Waals surface area contributed by atoms with Gasteiger partial charge >= 0.3 is 0 Å². The van der Waals surface area contributed by atoms with Gasteiger partial charge in [0.1, 0.15) is 5.75 Å². The van der Waals surface area contributed by atoms with Gasteiger partial charge in [-0.3, -0.25) is 0 Å². The highest BCUT2D eigenvalue weighted by Crippen LogP contribution is 2.34. The highest BCUT2D eigenvalue weighted by atomic mass is 32.1. The van der Waals surface area contributed by atoms with Gasteiger partial charge in [-0.15, -0.1) is 22.7 Å². The highest BCUT2D eigenvalue weighted by Gasteiger charge is 2.08. The lowest BCUT2D eigenvalue weighted by Crippen LogP contribution is -2.10. The van der Waals surface area contributed by atoms with Crippen LogP contribution in [0.2, 0.25) is 0 Å². The third-order valence-corrected chi connectivity index (χ3v) is 6.45. The lowest BCUT2D eigenvalue weighted by Gasteiger charge is -2.11. The summed E-state index contributed by atoms with van der Waals surface area (Å²) in [6.45, 7) is 0.694. The molecule has 0 saturated heterocycles. The molecule has 4 aromatic rings. The van der Waals surface area contributed by atoms with Gasteiger partial charge in [0, 0.05) is 26.6 Å². The zero-order valence-corrected chi connectivity index (χ0v) is 16.1. The Morgan fingerprint density at radius 1 is 0.923 bits per heavy atom. The summed E-state index contributed by atoms with van der Waals surface area (Å²) in [6.07, 6.45) is 1.90. The largest absolute Gasteiger partial charge is 0.494 e. The maximum Gasteiger partial charge on any atom is 0.119 e. The summed E-state index contributed by atoms with van der Waals surface area (Å²) in [4.78, 5) is 1.25. The number of ether oxygens (including phenoxy) is 1. The smallest absolute Gasteiger partial charge is 0.119 e. The second-order valence-corrected chi connectivity index (χ2v) is 8.17.